The van der Waals surface area contributed by atoms with Crippen LogP contribution in [-0.4, -0.2) is 31.1 Å². The van der Waals surface area contributed by atoms with E-state index in [1.54, 1.807) is 0 Å². The zero-order valence-corrected chi connectivity index (χ0v) is 12.9. The standard InChI is InChI=1S/C15H25ClN2/c1-6-15(3,18(4)5)14(17-7-2)12-8-10-13(16)11-9-12/h8-11,14,17H,6-7H2,1-5H3. The topological polar surface area (TPSA) is 15.3 Å². The summed E-state index contributed by atoms with van der Waals surface area (Å²) in [6, 6.07) is 8.47. The number of rotatable bonds is 6. The van der Waals surface area contributed by atoms with Crippen LogP contribution in [0.25, 0.3) is 0 Å². The van der Waals surface area contributed by atoms with E-state index < -0.39 is 0 Å². The van der Waals surface area contributed by atoms with Crippen molar-refractivity contribution in [2.45, 2.75) is 38.8 Å². The van der Waals surface area contributed by atoms with Crippen LogP contribution < -0.4 is 5.32 Å². The van der Waals surface area contributed by atoms with Crippen LogP contribution >= 0.6 is 11.6 Å². The lowest BCUT2D eigenvalue weighted by atomic mass is 9.83. The summed E-state index contributed by atoms with van der Waals surface area (Å²) in [5.41, 5.74) is 1.38. The molecule has 2 nitrogen and oxygen atoms in total. The molecule has 0 saturated heterocycles. The highest BCUT2D eigenvalue weighted by Crippen LogP contribution is 2.33. The minimum Gasteiger partial charge on any atom is -0.309 e. The van der Waals surface area contributed by atoms with Crippen LogP contribution in [0.3, 0.4) is 0 Å². The molecule has 0 aliphatic heterocycles. The average Bonchev–Trinajstić information content (AvgIpc) is 2.36. The van der Waals surface area contributed by atoms with E-state index >= 15 is 0 Å². The lowest BCUT2D eigenvalue weighted by molar-refractivity contribution is 0.113. The van der Waals surface area contributed by atoms with Crippen molar-refractivity contribution in [3.8, 4) is 0 Å². The molecule has 0 bridgehead atoms. The van der Waals surface area contributed by atoms with Gasteiger partial charge in [-0.2, -0.15) is 0 Å². The molecule has 1 aromatic carbocycles. The van der Waals surface area contributed by atoms with Gasteiger partial charge in [0.25, 0.3) is 0 Å². The van der Waals surface area contributed by atoms with Gasteiger partial charge in [-0.15, -0.1) is 0 Å². The van der Waals surface area contributed by atoms with Gasteiger partial charge in [0.15, 0.2) is 0 Å². The van der Waals surface area contributed by atoms with Crippen LogP contribution in [0.5, 0.6) is 0 Å². The first-order valence-corrected chi connectivity index (χ1v) is 6.99. The summed E-state index contributed by atoms with van der Waals surface area (Å²) < 4.78 is 0. The molecule has 1 aromatic rings. The molecule has 0 radical (unpaired) electrons. The highest BCUT2D eigenvalue weighted by molar-refractivity contribution is 6.30. The molecule has 0 amide bonds. The van der Waals surface area contributed by atoms with Crippen molar-refractivity contribution in [2.24, 2.45) is 0 Å². The van der Waals surface area contributed by atoms with Gasteiger partial charge < -0.3 is 10.2 Å². The maximum absolute atomic E-state index is 5.97. The van der Waals surface area contributed by atoms with Crippen molar-refractivity contribution < 1.29 is 0 Å². The van der Waals surface area contributed by atoms with Gasteiger partial charge in [-0.3, -0.25) is 0 Å². The highest BCUT2D eigenvalue weighted by Gasteiger charge is 2.35. The second-order valence-corrected chi connectivity index (χ2v) is 5.58. The Kier molecular flexibility index (Phi) is 5.64. The first kappa shape index (κ1) is 15.5. The molecule has 18 heavy (non-hydrogen) atoms. The van der Waals surface area contributed by atoms with Gasteiger partial charge in [0, 0.05) is 10.6 Å². The molecule has 0 fully saturated rings. The number of nitrogens with one attached hydrogen (secondary N) is 1. The summed E-state index contributed by atoms with van der Waals surface area (Å²) in [6.07, 6.45) is 1.08. The van der Waals surface area contributed by atoms with Crippen molar-refractivity contribution in [3.63, 3.8) is 0 Å². The zero-order chi connectivity index (χ0) is 13.8. The van der Waals surface area contributed by atoms with Crippen LogP contribution in [-0.2, 0) is 0 Å². The zero-order valence-electron chi connectivity index (χ0n) is 12.1. The normalized spacial score (nSPS) is 16.6. The molecule has 0 aliphatic rings. The maximum atomic E-state index is 5.97. The number of benzene rings is 1. The van der Waals surface area contributed by atoms with Crippen molar-refractivity contribution >= 4 is 11.6 Å². The summed E-state index contributed by atoms with van der Waals surface area (Å²) >= 11 is 5.97. The van der Waals surface area contributed by atoms with Gasteiger partial charge in [0.05, 0.1) is 6.04 Å². The van der Waals surface area contributed by atoms with Crippen molar-refractivity contribution in [1.82, 2.24) is 10.2 Å². The number of hydrogen-bond acceptors (Lipinski definition) is 2. The Hall–Kier alpha value is -0.570. The monoisotopic (exact) mass is 268 g/mol. The number of hydrogen-bond donors (Lipinski definition) is 1. The van der Waals surface area contributed by atoms with E-state index in [9.17, 15) is 0 Å². The maximum Gasteiger partial charge on any atom is 0.0504 e. The fourth-order valence-corrected chi connectivity index (χ4v) is 2.46. The molecule has 0 aromatic heterocycles. The van der Waals surface area contributed by atoms with Crippen LogP contribution in [0.15, 0.2) is 24.3 Å². The van der Waals surface area contributed by atoms with Gasteiger partial charge in [0.1, 0.15) is 0 Å². The van der Waals surface area contributed by atoms with E-state index in [1.807, 2.05) is 12.1 Å². The molecule has 1 rings (SSSR count). The van der Waals surface area contributed by atoms with Gasteiger partial charge >= 0.3 is 0 Å². The molecule has 0 aliphatic carbocycles. The molecule has 0 heterocycles. The van der Waals surface area contributed by atoms with Crippen LogP contribution in [0.4, 0.5) is 0 Å². The third-order valence-electron chi connectivity index (χ3n) is 3.97. The van der Waals surface area contributed by atoms with E-state index in [0.29, 0.717) is 6.04 Å². The lowest BCUT2D eigenvalue weighted by Crippen LogP contribution is -2.51. The van der Waals surface area contributed by atoms with E-state index in [-0.39, 0.29) is 5.54 Å². The molecule has 102 valence electrons. The fourth-order valence-electron chi connectivity index (χ4n) is 2.33. The molecule has 2 unspecified atom stereocenters. The van der Waals surface area contributed by atoms with Gasteiger partial charge in [-0.25, -0.2) is 0 Å². The SMILES string of the molecule is CCNC(c1ccc(Cl)cc1)C(C)(CC)N(C)C. The Morgan fingerprint density at radius 3 is 2.17 bits per heavy atom. The summed E-state index contributed by atoms with van der Waals surface area (Å²) in [5, 5.41) is 4.40. The summed E-state index contributed by atoms with van der Waals surface area (Å²) in [4.78, 5) is 2.30. The summed E-state index contributed by atoms with van der Waals surface area (Å²) in [6.45, 7) is 7.64. The predicted molar refractivity (Wildman–Crippen MR) is 80.3 cm³/mol. The second kappa shape index (κ2) is 6.55. The minimum absolute atomic E-state index is 0.0871. The van der Waals surface area contributed by atoms with E-state index in [2.05, 4.69) is 57.2 Å². The predicted octanol–water partition coefficient (Wildman–Crippen LogP) is 3.72. The lowest BCUT2D eigenvalue weighted by Gasteiger charge is -2.43. The molecular formula is C15H25ClN2. The minimum atomic E-state index is 0.0871. The quantitative estimate of drug-likeness (QED) is 0.846. The molecule has 1 N–H and O–H groups in total. The molecule has 0 saturated carbocycles. The summed E-state index contributed by atoms with van der Waals surface area (Å²) in [5.74, 6) is 0. The Morgan fingerprint density at radius 2 is 1.78 bits per heavy atom. The van der Waals surface area contributed by atoms with Crippen molar-refractivity contribution in [2.75, 3.05) is 20.6 Å². The third-order valence-corrected chi connectivity index (χ3v) is 4.22. The average molecular weight is 269 g/mol. The summed E-state index contributed by atoms with van der Waals surface area (Å²) in [7, 11) is 4.29. The van der Waals surface area contributed by atoms with E-state index in [0.717, 1.165) is 18.0 Å². The van der Waals surface area contributed by atoms with E-state index in [4.69, 9.17) is 11.6 Å². The molecule has 3 heteroatoms. The van der Waals surface area contributed by atoms with Crippen molar-refractivity contribution in [3.05, 3.63) is 34.9 Å². The van der Waals surface area contributed by atoms with Gasteiger partial charge in [-0.1, -0.05) is 37.6 Å². The Bertz CT molecular complexity index is 361. The number of nitrogens with zero attached hydrogens (tertiary/aromatic N) is 1. The molecular weight excluding hydrogens is 244 g/mol. The van der Waals surface area contributed by atoms with Crippen molar-refractivity contribution in [1.29, 1.82) is 0 Å². The highest BCUT2D eigenvalue weighted by atomic mass is 35.5. The number of halogens is 1. The Labute approximate surface area is 116 Å². The van der Waals surface area contributed by atoms with Gasteiger partial charge in [-0.05, 0) is 51.7 Å². The first-order chi connectivity index (χ1) is 8.45. The Balaban J connectivity index is 3.12. The van der Waals surface area contributed by atoms with Gasteiger partial charge in [0.2, 0.25) is 0 Å². The Morgan fingerprint density at radius 1 is 1.22 bits per heavy atom. The van der Waals surface area contributed by atoms with Crippen LogP contribution in [0.2, 0.25) is 5.02 Å². The smallest absolute Gasteiger partial charge is 0.0504 e. The second-order valence-electron chi connectivity index (χ2n) is 5.15. The number of likely N-dealkylation sites (N-methyl/N-ethyl adjacent to an activating group) is 2. The molecule has 0 spiro atoms. The van der Waals surface area contributed by atoms with Crippen LogP contribution in [0, 0.1) is 0 Å². The van der Waals surface area contributed by atoms with E-state index in [1.165, 1.54) is 5.56 Å². The molecule has 2 atom stereocenters. The first-order valence-electron chi connectivity index (χ1n) is 6.62. The largest absolute Gasteiger partial charge is 0.309 e. The van der Waals surface area contributed by atoms with Crippen LogP contribution in [0.1, 0.15) is 38.8 Å². The fraction of sp³-hybridized carbons (Fsp3) is 0.600. The third kappa shape index (κ3) is 3.25.